The zero-order valence-electron chi connectivity index (χ0n) is 9.94. The number of pyridine rings is 1. The van der Waals surface area contributed by atoms with Gasteiger partial charge in [-0.05, 0) is 36.8 Å². The van der Waals surface area contributed by atoms with Gasteiger partial charge in [-0.15, -0.1) is 0 Å². The summed E-state index contributed by atoms with van der Waals surface area (Å²) in [6, 6.07) is 8.28. The lowest BCUT2D eigenvalue weighted by molar-refractivity contribution is 0.696. The van der Waals surface area contributed by atoms with Gasteiger partial charge in [0.2, 0.25) is 0 Å². The van der Waals surface area contributed by atoms with Crippen LogP contribution in [0.4, 0.5) is 0 Å². The van der Waals surface area contributed by atoms with E-state index in [0.29, 0.717) is 6.42 Å². The predicted octanol–water partition coefficient (Wildman–Crippen LogP) is 1.45. The first-order chi connectivity index (χ1) is 8.16. The van der Waals surface area contributed by atoms with Crippen molar-refractivity contribution < 1.29 is 0 Å². The monoisotopic (exact) mass is 228 g/mol. The van der Waals surface area contributed by atoms with E-state index in [1.54, 1.807) is 0 Å². The summed E-state index contributed by atoms with van der Waals surface area (Å²) in [4.78, 5) is 12.3. The molecule has 0 bridgehead atoms. The van der Waals surface area contributed by atoms with E-state index in [9.17, 15) is 4.79 Å². The van der Waals surface area contributed by atoms with Crippen LogP contribution in [-0.2, 0) is 19.4 Å². The molecule has 3 nitrogen and oxygen atoms in total. The van der Waals surface area contributed by atoms with Gasteiger partial charge in [0.25, 0.3) is 5.56 Å². The molecule has 0 spiro atoms. The summed E-state index contributed by atoms with van der Waals surface area (Å²) >= 11 is 0. The summed E-state index contributed by atoms with van der Waals surface area (Å²) in [6.45, 7) is 2.74. The van der Waals surface area contributed by atoms with E-state index in [2.05, 4.69) is 18.2 Å². The maximum Gasteiger partial charge on any atom is 0.254 e. The van der Waals surface area contributed by atoms with Crippen LogP contribution in [0.5, 0.6) is 0 Å². The largest absolute Gasteiger partial charge is 0.328 e. The first-order valence-corrected chi connectivity index (χ1v) is 6.06. The van der Waals surface area contributed by atoms with E-state index in [0.717, 1.165) is 29.4 Å². The second-order valence-electron chi connectivity index (χ2n) is 4.91. The fourth-order valence-corrected chi connectivity index (χ4v) is 2.72. The molecule has 0 amide bonds. The van der Waals surface area contributed by atoms with Crippen LogP contribution >= 0.6 is 0 Å². The number of para-hydroxylation sites is 1. The molecule has 2 N–H and O–H groups in total. The fourth-order valence-electron chi connectivity index (χ4n) is 2.72. The molecule has 2 heterocycles. The van der Waals surface area contributed by atoms with Gasteiger partial charge in [-0.1, -0.05) is 18.2 Å². The quantitative estimate of drug-likeness (QED) is 0.845. The number of rotatable bonds is 2. The van der Waals surface area contributed by atoms with Crippen molar-refractivity contribution in [3.63, 3.8) is 0 Å². The zero-order chi connectivity index (χ0) is 12.0. The van der Waals surface area contributed by atoms with Gasteiger partial charge in [0.05, 0.1) is 5.52 Å². The minimum absolute atomic E-state index is 0.0255. The van der Waals surface area contributed by atoms with Crippen molar-refractivity contribution in [1.29, 1.82) is 0 Å². The van der Waals surface area contributed by atoms with Crippen LogP contribution in [0.1, 0.15) is 18.1 Å². The third-order valence-corrected chi connectivity index (χ3v) is 3.42. The van der Waals surface area contributed by atoms with Crippen molar-refractivity contribution in [3.8, 4) is 0 Å². The molecular weight excluding hydrogens is 212 g/mol. The van der Waals surface area contributed by atoms with Crippen LogP contribution < -0.4 is 11.3 Å². The second kappa shape index (κ2) is 3.70. The molecule has 0 fully saturated rings. The Balaban J connectivity index is 2.30. The number of benzene rings is 1. The molecule has 0 aliphatic carbocycles. The van der Waals surface area contributed by atoms with Crippen LogP contribution in [0.15, 0.2) is 29.1 Å². The molecule has 0 saturated heterocycles. The van der Waals surface area contributed by atoms with E-state index < -0.39 is 0 Å². The van der Waals surface area contributed by atoms with Crippen LogP contribution in [0.2, 0.25) is 0 Å². The van der Waals surface area contributed by atoms with Gasteiger partial charge in [-0.25, -0.2) is 0 Å². The third kappa shape index (κ3) is 1.58. The average molecular weight is 228 g/mol. The smallest absolute Gasteiger partial charge is 0.254 e. The van der Waals surface area contributed by atoms with Gasteiger partial charge >= 0.3 is 0 Å². The number of hydrogen-bond donors (Lipinski definition) is 1. The Morgan fingerprint density at radius 1 is 1.47 bits per heavy atom. The number of aromatic nitrogens is 1. The summed E-state index contributed by atoms with van der Waals surface area (Å²) in [6.07, 6.45) is 1.62. The van der Waals surface area contributed by atoms with E-state index >= 15 is 0 Å². The van der Waals surface area contributed by atoms with E-state index in [-0.39, 0.29) is 11.6 Å². The van der Waals surface area contributed by atoms with Crippen LogP contribution in [0, 0.1) is 0 Å². The number of nitrogens with zero attached hydrogens (tertiary/aromatic N) is 1. The Morgan fingerprint density at radius 2 is 2.29 bits per heavy atom. The maximum atomic E-state index is 12.3. The minimum atomic E-state index is 0.0255. The van der Waals surface area contributed by atoms with Gasteiger partial charge in [0.1, 0.15) is 0 Å². The highest BCUT2D eigenvalue weighted by molar-refractivity contribution is 5.84. The summed E-state index contributed by atoms with van der Waals surface area (Å²) in [5.41, 5.74) is 9.17. The SMILES string of the molecule is CC(N)Cc1cc2cccc3c2n(c1=O)CC3. The lowest BCUT2D eigenvalue weighted by atomic mass is 10.0. The lowest BCUT2D eigenvalue weighted by Crippen LogP contribution is -2.27. The first kappa shape index (κ1) is 10.5. The molecular formula is C14H16N2O. The molecule has 1 aliphatic heterocycles. The molecule has 2 aromatic rings. The van der Waals surface area contributed by atoms with Gasteiger partial charge in [-0.2, -0.15) is 0 Å². The summed E-state index contributed by atoms with van der Waals surface area (Å²) in [7, 11) is 0. The summed E-state index contributed by atoms with van der Waals surface area (Å²) in [5.74, 6) is 0. The number of nitrogens with two attached hydrogens (primary N) is 1. The van der Waals surface area contributed by atoms with Crippen molar-refractivity contribution in [2.75, 3.05) is 0 Å². The second-order valence-corrected chi connectivity index (χ2v) is 4.91. The van der Waals surface area contributed by atoms with E-state index in [1.807, 2.05) is 17.6 Å². The van der Waals surface area contributed by atoms with E-state index in [4.69, 9.17) is 5.73 Å². The van der Waals surface area contributed by atoms with Gasteiger partial charge < -0.3 is 10.3 Å². The molecule has 3 heteroatoms. The summed E-state index contributed by atoms with van der Waals surface area (Å²) in [5, 5.41) is 1.16. The van der Waals surface area contributed by atoms with Crippen LogP contribution in [0.25, 0.3) is 10.9 Å². The summed E-state index contributed by atoms with van der Waals surface area (Å²) < 4.78 is 1.91. The Labute approximate surface area is 99.9 Å². The molecule has 1 aromatic heterocycles. The van der Waals surface area contributed by atoms with Crippen molar-refractivity contribution in [2.24, 2.45) is 5.73 Å². The average Bonchev–Trinajstić information content (AvgIpc) is 2.70. The minimum Gasteiger partial charge on any atom is -0.328 e. The predicted molar refractivity (Wildman–Crippen MR) is 69.3 cm³/mol. The highest BCUT2D eigenvalue weighted by Crippen LogP contribution is 2.24. The topological polar surface area (TPSA) is 48.0 Å². The molecule has 0 radical (unpaired) electrons. The van der Waals surface area contributed by atoms with Crippen molar-refractivity contribution in [3.05, 3.63) is 45.7 Å². The lowest BCUT2D eigenvalue weighted by Gasteiger charge is -2.09. The normalized spacial score (nSPS) is 15.4. The number of aryl methyl sites for hydroxylation is 2. The highest BCUT2D eigenvalue weighted by atomic mass is 16.1. The van der Waals surface area contributed by atoms with E-state index in [1.165, 1.54) is 5.56 Å². The van der Waals surface area contributed by atoms with Crippen LogP contribution in [0.3, 0.4) is 0 Å². The van der Waals surface area contributed by atoms with Gasteiger partial charge in [-0.3, -0.25) is 4.79 Å². The fraction of sp³-hybridized carbons (Fsp3) is 0.357. The molecule has 17 heavy (non-hydrogen) atoms. The first-order valence-electron chi connectivity index (χ1n) is 6.06. The van der Waals surface area contributed by atoms with Crippen molar-refractivity contribution >= 4 is 10.9 Å². The molecule has 1 atom stereocenters. The zero-order valence-corrected chi connectivity index (χ0v) is 9.94. The van der Waals surface area contributed by atoms with Crippen molar-refractivity contribution in [1.82, 2.24) is 4.57 Å². The Bertz CT molecular complexity index is 640. The Hall–Kier alpha value is -1.61. The van der Waals surface area contributed by atoms with Crippen LogP contribution in [-0.4, -0.2) is 10.6 Å². The maximum absolute atomic E-state index is 12.3. The third-order valence-electron chi connectivity index (χ3n) is 3.42. The molecule has 1 aliphatic rings. The molecule has 1 unspecified atom stereocenters. The Kier molecular flexibility index (Phi) is 2.30. The molecule has 0 saturated carbocycles. The molecule has 1 aromatic carbocycles. The molecule has 88 valence electrons. The molecule has 3 rings (SSSR count). The van der Waals surface area contributed by atoms with Gasteiger partial charge in [0, 0.05) is 18.2 Å². The van der Waals surface area contributed by atoms with Crippen molar-refractivity contribution in [2.45, 2.75) is 32.4 Å². The number of hydrogen-bond acceptors (Lipinski definition) is 2. The Morgan fingerprint density at radius 3 is 3.06 bits per heavy atom. The highest BCUT2D eigenvalue weighted by Gasteiger charge is 2.17. The van der Waals surface area contributed by atoms with Gasteiger partial charge in [0.15, 0.2) is 0 Å². The standard InChI is InChI=1S/C14H16N2O/c1-9(15)7-12-8-11-4-2-3-10-5-6-16(13(10)11)14(12)17/h2-4,8-9H,5-7,15H2,1H3.